The van der Waals surface area contributed by atoms with E-state index < -0.39 is 41.2 Å². The Hall–Kier alpha value is -3.92. The predicted octanol–water partition coefficient (Wildman–Crippen LogP) is 2.99. The second-order valence-electron chi connectivity index (χ2n) is 7.82. The molecule has 4 rings (SSSR count). The number of amides is 2. The number of aromatic nitrogens is 3. The Morgan fingerprint density at radius 2 is 2.03 bits per heavy atom. The Kier molecular flexibility index (Phi) is 6.13. The fraction of sp³-hybridized carbons (Fsp3) is 0.261. The number of hydrogen-bond donors (Lipinski definition) is 3. The first-order chi connectivity index (χ1) is 16.6. The zero-order chi connectivity index (χ0) is 25.3. The van der Waals surface area contributed by atoms with Crippen molar-refractivity contribution in [3.8, 4) is 0 Å². The summed E-state index contributed by atoms with van der Waals surface area (Å²) in [5.41, 5.74) is 1.13. The Morgan fingerprint density at radius 1 is 1.32 bits per heavy atom. The van der Waals surface area contributed by atoms with Crippen LogP contribution in [-0.2, 0) is 9.59 Å². The van der Waals surface area contributed by atoms with E-state index >= 15 is 0 Å². The number of aryl methyl sites for hydroxylation is 1. The summed E-state index contributed by atoms with van der Waals surface area (Å²) in [4.78, 5) is 35.5. The van der Waals surface area contributed by atoms with Gasteiger partial charge in [0.15, 0.2) is 5.70 Å². The predicted molar refractivity (Wildman–Crippen MR) is 124 cm³/mol. The maximum Gasteiger partial charge on any atom is 0.292 e. The summed E-state index contributed by atoms with van der Waals surface area (Å²) in [7, 11) is 1.37. The Morgan fingerprint density at radius 3 is 2.68 bits per heavy atom. The SMILES string of the molecule is [2H]C1([C@@H](C)[C@@H](c2cnc(C)nc2)c2ccccc2Cl)NC(C(=O)Nc2cnoc2)=C(O)C(=O)N1C. The first kappa shape index (κ1) is 21.9. The van der Waals surface area contributed by atoms with Crippen LogP contribution in [0.4, 0.5) is 5.69 Å². The van der Waals surface area contributed by atoms with Gasteiger partial charge < -0.3 is 25.2 Å². The van der Waals surface area contributed by atoms with Crippen LogP contribution >= 0.6 is 11.6 Å². The molecule has 3 heterocycles. The number of hydrogen-bond acceptors (Lipinski definition) is 8. The van der Waals surface area contributed by atoms with Gasteiger partial charge in [-0.1, -0.05) is 41.9 Å². The molecule has 0 radical (unpaired) electrons. The van der Waals surface area contributed by atoms with Crippen LogP contribution in [0.2, 0.25) is 5.02 Å². The van der Waals surface area contributed by atoms with Gasteiger partial charge in [-0.15, -0.1) is 0 Å². The van der Waals surface area contributed by atoms with Gasteiger partial charge in [0.05, 0.1) is 7.57 Å². The van der Waals surface area contributed by atoms with E-state index in [9.17, 15) is 16.1 Å². The number of anilines is 1. The molecule has 0 spiro atoms. The van der Waals surface area contributed by atoms with Crippen LogP contribution in [-0.4, -0.2) is 50.1 Å². The van der Waals surface area contributed by atoms with E-state index in [-0.39, 0.29) is 5.69 Å². The number of benzene rings is 1. The molecular weight excluding hydrogens is 460 g/mol. The number of nitrogens with zero attached hydrogens (tertiary/aromatic N) is 4. The zero-order valence-electron chi connectivity index (χ0n) is 19.6. The normalized spacial score (nSPS) is 20.4. The molecule has 1 unspecified atom stereocenters. The topological polar surface area (TPSA) is 133 Å². The number of carbonyl (C=O) groups is 2. The fourth-order valence-electron chi connectivity index (χ4n) is 3.88. The highest BCUT2D eigenvalue weighted by atomic mass is 35.5. The summed E-state index contributed by atoms with van der Waals surface area (Å²) in [5, 5.41) is 19.7. The van der Waals surface area contributed by atoms with Gasteiger partial charge in [-0.3, -0.25) is 9.59 Å². The minimum Gasteiger partial charge on any atom is -0.501 e. The molecule has 3 atom stereocenters. The first-order valence-corrected chi connectivity index (χ1v) is 10.7. The molecule has 10 nitrogen and oxygen atoms in total. The van der Waals surface area contributed by atoms with Crippen molar-refractivity contribution in [3.05, 3.63) is 82.5 Å². The summed E-state index contributed by atoms with van der Waals surface area (Å²) < 4.78 is 14.0. The Balaban J connectivity index is 1.77. The van der Waals surface area contributed by atoms with Gasteiger partial charge in [0.2, 0.25) is 5.76 Å². The molecule has 0 saturated heterocycles. The maximum absolute atomic E-state index is 13.0. The van der Waals surface area contributed by atoms with Crippen LogP contribution in [0.5, 0.6) is 0 Å². The van der Waals surface area contributed by atoms with Gasteiger partial charge >= 0.3 is 0 Å². The molecule has 3 N–H and O–H groups in total. The van der Waals surface area contributed by atoms with Crippen molar-refractivity contribution in [3.63, 3.8) is 0 Å². The van der Waals surface area contributed by atoms with E-state index in [0.717, 1.165) is 4.90 Å². The number of carbonyl (C=O) groups excluding carboxylic acids is 2. The minimum atomic E-state index is -1.88. The second kappa shape index (κ2) is 9.52. The lowest BCUT2D eigenvalue weighted by molar-refractivity contribution is -0.135. The smallest absolute Gasteiger partial charge is 0.292 e. The molecule has 1 aliphatic heterocycles. The average molecular weight is 484 g/mol. The van der Waals surface area contributed by atoms with Crippen molar-refractivity contribution in [2.45, 2.75) is 25.9 Å². The number of rotatable bonds is 6. The first-order valence-electron chi connectivity index (χ1n) is 10.9. The quantitative estimate of drug-likeness (QED) is 0.487. The fourth-order valence-corrected chi connectivity index (χ4v) is 4.13. The maximum atomic E-state index is 13.0. The van der Waals surface area contributed by atoms with Crippen LogP contribution in [0.1, 0.15) is 31.2 Å². The third-order valence-corrected chi connectivity index (χ3v) is 5.95. The van der Waals surface area contributed by atoms with Crippen molar-refractivity contribution >= 4 is 29.1 Å². The van der Waals surface area contributed by atoms with Crippen LogP contribution < -0.4 is 10.6 Å². The minimum absolute atomic E-state index is 0.220. The van der Waals surface area contributed by atoms with Gasteiger partial charge in [-0.25, -0.2) is 9.97 Å². The highest BCUT2D eigenvalue weighted by Crippen LogP contribution is 2.38. The van der Waals surface area contributed by atoms with Crippen LogP contribution in [0.15, 0.2) is 65.1 Å². The van der Waals surface area contributed by atoms with E-state index in [2.05, 4.69) is 25.8 Å². The van der Waals surface area contributed by atoms with E-state index in [1.807, 2.05) is 12.1 Å². The molecule has 0 fully saturated rings. The van der Waals surface area contributed by atoms with Crippen molar-refractivity contribution in [2.75, 3.05) is 12.4 Å². The van der Waals surface area contributed by atoms with E-state index in [1.54, 1.807) is 38.4 Å². The van der Waals surface area contributed by atoms with Gasteiger partial charge in [0, 0.05) is 36.3 Å². The number of nitrogens with one attached hydrogen (secondary N) is 2. The molecule has 0 aliphatic carbocycles. The van der Waals surface area contributed by atoms with Crippen molar-refractivity contribution < 1.29 is 20.6 Å². The molecule has 176 valence electrons. The lowest BCUT2D eigenvalue weighted by Crippen LogP contribution is -2.57. The number of aliphatic hydroxyl groups excluding tert-OH is 1. The van der Waals surface area contributed by atoms with Crippen molar-refractivity contribution in [2.24, 2.45) is 5.92 Å². The van der Waals surface area contributed by atoms with Crippen molar-refractivity contribution in [1.82, 2.24) is 25.3 Å². The molecule has 0 bridgehead atoms. The molecule has 0 saturated carbocycles. The summed E-state index contributed by atoms with van der Waals surface area (Å²) in [6.07, 6.45) is 3.86. The number of halogens is 1. The van der Waals surface area contributed by atoms with Crippen LogP contribution in [0, 0.1) is 12.8 Å². The lowest BCUT2D eigenvalue weighted by Gasteiger charge is -2.41. The van der Waals surface area contributed by atoms with E-state index in [0.29, 0.717) is 22.0 Å². The number of aliphatic hydroxyl groups is 1. The molecule has 3 aromatic rings. The van der Waals surface area contributed by atoms with Gasteiger partial charge in [0.25, 0.3) is 11.8 Å². The monoisotopic (exact) mass is 483 g/mol. The highest BCUT2D eigenvalue weighted by molar-refractivity contribution is 6.31. The van der Waals surface area contributed by atoms with E-state index in [1.165, 1.54) is 19.5 Å². The molecule has 2 aromatic heterocycles. The van der Waals surface area contributed by atoms with Gasteiger partial charge in [-0.2, -0.15) is 0 Å². The largest absolute Gasteiger partial charge is 0.501 e. The van der Waals surface area contributed by atoms with Crippen LogP contribution in [0.3, 0.4) is 0 Å². The third-order valence-electron chi connectivity index (χ3n) is 5.61. The summed E-state index contributed by atoms with van der Waals surface area (Å²) in [5.74, 6) is -3.22. The number of likely N-dealkylation sites (N-methyl/N-ethyl adjacent to an activating group) is 1. The molecule has 1 aliphatic rings. The highest BCUT2D eigenvalue weighted by Gasteiger charge is 2.41. The molecule has 34 heavy (non-hydrogen) atoms. The zero-order valence-corrected chi connectivity index (χ0v) is 19.4. The summed E-state index contributed by atoms with van der Waals surface area (Å²) in [6, 6.07) is 7.16. The summed E-state index contributed by atoms with van der Waals surface area (Å²) >= 11 is 6.54. The molecule has 1 aromatic carbocycles. The van der Waals surface area contributed by atoms with Gasteiger partial charge in [0.1, 0.15) is 23.9 Å². The molecular formula is C23H23ClN6O4. The molecule has 2 amide bonds. The summed E-state index contributed by atoms with van der Waals surface area (Å²) in [6.45, 7) is 3.50. The lowest BCUT2D eigenvalue weighted by atomic mass is 9.80. The Labute approximate surface area is 202 Å². The van der Waals surface area contributed by atoms with Crippen molar-refractivity contribution in [1.29, 1.82) is 0 Å². The molecule has 11 heteroatoms. The average Bonchev–Trinajstić information content (AvgIpc) is 3.35. The Bertz CT molecular complexity index is 1280. The third kappa shape index (κ3) is 4.44. The van der Waals surface area contributed by atoms with Gasteiger partial charge in [-0.05, 0) is 24.1 Å². The standard InChI is InChI=1S/C23H23ClN6O4/c1-12(18(14-8-25-13(2)26-9-14)16-6-4-5-7-17(16)24)21-29-19(20(31)23(33)30(21)3)22(32)28-15-10-27-34-11-15/h4-12,18,21,29,31H,1-3H3,(H,28,32)/t12-,18-,21?/m0/s1/i21D. The second-order valence-corrected chi connectivity index (χ2v) is 8.22. The van der Waals surface area contributed by atoms with E-state index in [4.69, 9.17) is 16.1 Å². The van der Waals surface area contributed by atoms with Crippen LogP contribution in [0.25, 0.3) is 0 Å².